The third kappa shape index (κ3) is 5.35. The summed E-state index contributed by atoms with van der Waals surface area (Å²) in [5, 5.41) is 10.9. The Bertz CT molecular complexity index is 1040. The van der Waals surface area contributed by atoms with Crippen molar-refractivity contribution in [2.75, 3.05) is 24.9 Å². The molecular formula is C19H17BrCl2N4O3. The molecule has 2 amide bonds. The molecule has 0 saturated heterocycles. The van der Waals surface area contributed by atoms with Crippen LogP contribution in [0.15, 0.2) is 47.1 Å². The lowest BCUT2D eigenvalue weighted by atomic mass is 10.2. The van der Waals surface area contributed by atoms with E-state index < -0.39 is 6.03 Å². The van der Waals surface area contributed by atoms with Crippen molar-refractivity contribution in [1.29, 1.82) is 0 Å². The fraction of sp³-hybridized carbons (Fsp3) is 0.158. The quantitative estimate of drug-likeness (QED) is 0.458. The van der Waals surface area contributed by atoms with E-state index in [0.29, 0.717) is 44.1 Å². The molecule has 3 aromatic rings. The van der Waals surface area contributed by atoms with Crippen molar-refractivity contribution in [1.82, 2.24) is 9.78 Å². The van der Waals surface area contributed by atoms with Gasteiger partial charge in [0.15, 0.2) is 17.3 Å². The monoisotopic (exact) mass is 498 g/mol. The third-order valence-electron chi connectivity index (χ3n) is 3.94. The van der Waals surface area contributed by atoms with Crippen LogP contribution in [-0.4, -0.2) is 30.0 Å². The van der Waals surface area contributed by atoms with Crippen LogP contribution in [0.2, 0.25) is 10.0 Å². The van der Waals surface area contributed by atoms with Gasteiger partial charge in [0.25, 0.3) is 0 Å². The van der Waals surface area contributed by atoms with Crippen LogP contribution >= 0.6 is 39.1 Å². The Morgan fingerprint density at radius 1 is 1.10 bits per heavy atom. The summed E-state index contributed by atoms with van der Waals surface area (Å²) in [6, 6.07) is 9.88. The number of carbonyl (C=O) groups excluding carboxylic acids is 1. The normalized spacial score (nSPS) is 10.5. The van der Waals surface area contributed by atoms with E-state index in [1.165, 1.54) is 7.11 Å². The topological polar surface area (TPSA) is 77.4 Å². The highest BCUT2D eigenvalue weighted by Gasteiger charge is 2.13. The fourth-order valence-electron chi connectivity index (χ4n) is 2.57. The van der Waals surface area contributed by atoms with E-state index in [1.54, 1.807) is 48.3 Å². The van der Waals surface area contributed by atoms with Gasteiger partial charge in [-0.3, -0.25) is 10.00 Å². The lowest BCUT2D eigenvalue weighted by molar-refractivity contribution is 0.262. The molecule has 2 aromatic carbocycles. The van der Waals surface area contributed by atoms with Crippen LogP contribution in [0.25, 0.3) is 0 Å². The molecule has 0 aliphatic heterocycles. The molecule has 0 aliphatic rings. The summed E-state index contributed by atoms with van der Waals surface area (Å²) < 4.78 is 12.7. The van der Waals surface area contributed by atoms with Crippen molar-refractivity contribution in [3.63, 3.8) is 0 Å². The molecule has 0 radical (unpaired) electrons. The van der Waals surface area contributed by atoms with E-state index in [2.05, 4.69) is 31.7 Å². The predicted molar refractivity (Wildman–Crippen MR) is 118 cm³/mol. The van der Waals surface area contributed by atoms with Crippen molar-refractivity contribution in [2.45, 2.75) is 6.54 Å². The van der Waals surface area contributed by atoms with Gasteiger partial charge in [0.2, 0.25) is 0 Å². The number of nitrogens with one attached hydrogen (secondary N) is 2. The van der Waals surface area contributed by atoms with Crippen LogP contribution in [0.4, 0.5) is 16.3 Å². The predicted octanol–water partition coefficient (Wildman–Crippen LogP) is 5.66. The molecule has 0 aliphatic carbocycles. The van der Waals surface area contributed by atoms with Crippen molar-refractivity contribution in [2.24, 2.45) is 0 Å². The minimum absolute atomic E-state index is 0.369. The van der Waals surface area contributed by atoms with E-state index in [4.69, 9.17) is 32.7 Å². The molecule has 0 saturated carbocycles. The summed E-state index contributed by atoms with van der Waals surface area (Å²) in [6.07, 6.45) is 1.75. The number of nitrogens with zero attached hydrogens (tertiary/aromatic N) is 2. The van der Waals surface area contributed by atoms with E-state index in [1.807, 2.05) is 6.07 Å². The SMILES string of the molecule is COc1ccc(NC(=O)Nc2nn(Cc3ccc(Cl)cc3Cl)cc2Br)cc1OC. The Morgan fingerprint density at radius 2 is 1.86 bits per heavy atom. The summed E-state index contributed by atoms with van der Waals surface area (Å²) in [5.41, 5.74) is 1.40. The third-order valence-corrected chi connectivity index (χ3v) is 5.11. The maximum atomic E-state index is 12.3. The first kappa shape index (κ1) is 21.3. The first-order valence-electron chi connectivity index (χ1n) is 8.36. The van der Waals surface area contributed by atoms with E-state index in [-0.39, 0.29) is 0 Å². The van der Waals surface area contributed by atoms with Crippen molar-refractivity contribution >= 4 is 56.7 Å². The molecule has 0 unspecified atom stereocenters. The molecular weight excluding hydrogens is 483 g/mol. The molecule has 10 heteroatoms. The second-order valence-electron chi connectivity index (χ2n) is 5.91. The Labute approximate surface area is 186 Å². The number of rotatable bonds is 6. The highest BCUT2D eigenvalue weighted by atomic mass is 79.9. The van der Waals surface area contributed by atoms with Gasteiger partial charge in [-0.1, -0.05) is 29.3 Å². The van der Waals surface area contributed by atoms with E-state index in [0.717, 1.165) is 5.56 Å². The number of amides is 2. The molecule has 0 fully saturated rings. The molecule has 0 atom stereocenters. The Kier molecular flexibility index (Phi) is 6.89. The van der Waals surface area contributed by atoms with Gasteiger partial charge in [-0.05, 0) is 45.8 Å². The molecule has 152 valence electrons. The van der Waals surface area contributed by atoms with Crippen LogP contribution in [0.5, 0.6) is 11.5 Å². The molecule has 0 bridgehead atoms. The van der Waals surface area contributed by atoms with Crippen molar-refractivity contribution < 1.29 is 14.3 Å². The number of carbonyl (C=O) groups is 1. The Balaban J connectivity index is 1.68. The number of urea groups is 1. The maximum Gasteiger partial charge on any atom is 0.324 e. The molecule has 0 spiro atoms. The lowest BCUT2D eigenvalue weighted by Gasteiger charge is -2.10. The smallest absolute Gasteiger partial charge is 0.324 e. The summed E-state index contributed by atoms with van der Waals surface area (Å²) in [5.74, 6) is 1.45. The zero-order valence-electron chi connectivity index (χ0n) is 15.5. The summed E-state index contributed by atoms with van der Waals surface area (Å²) >= 11 is 15.5. The van der Waals surface area contributed by atoms with Gasteiger partial charge in [-0.25, -0.2) is 4.79 Å². The summed E-state index contributed by atoms with van der Waals surface area (Å²) in [7, 11) is 3.07. The fourth-order valence-corrected chi connectivity index (χ4v) is 3.45. The molecule has 1 aromatic heterocycles. The van der Waals surface area contributed by atoms with Crippen LogP contribution in [0.1, 0.15) is 5.56 Å². The number of ether oxygens (including phenoxy) is 2. The number of aromatic nitrogens is 2. The highest BCUT2D eigenvalue weighted by Crippen LogP contribution is 2.30. The molecule has 29 heavy (non-hydrogen) atoms. The van der Waals surface area contributed by atoms with Gasteiger partial charge < -0.3 is 14.8 Å². The molecule has 2 N–H and O–H groups in total. The summed E-state index contributed by atoms with van der Waals surface area (Å²) in [6.45, 7) is 0.424. The van der Waals surface area contributed by atoms with E-state index in [9.17, 15) is 4.79 Å². The molecule has 3 rings (SSSR count). The second kappa shape index (κ2) is 9.39. The number of halogens is 3. The average molecular weight is 500 g/mol. The zero-order valence-corrected chi connectivity index (χ0v) is 18.6. The lowest BCUT2D eigenvalue weighted by Crippen LogP contribution is -2.20. The van der Waals surface area contributed by atoms with Gasteiger partial charge in [0.1, 0.15) is 0 Å². The molecule has 7 nitrogen and oxygen atoms in total. The first-order chi connectivity index (χ1) is 13.9. The van der Waals surface area contributed by atoms with Gasteiger partial charge in [-0.2, -0.15) is 5.10 Å². The highest BCUT2D eigenvalue weighted by molar-refractivity contribution is 9.10. The number of hydrogen-bond donors (Lipinski definition) is 2. The zero-order chi connectivity index (χ0) is 21.0. The van der Waals surface area contributed by atoms with Crippen LogP contribution in [-0.2, 0) is 6.54 Å². The number of methoxy groups -OCH3 is 2. The maximum absolute atomic E-state index is 12.3. The number of anilines is 2. The van der Waals surface area contributed by atoms with Crippen molar-refractivity contribution in [3.8, 4) is 11.5 Å². The average Bonchev–Trinajstić information content (AvgIpc) is 3.02. The van der Waals surface area contributed by atoms with Crippen molar-refractivity contribution in [3.05, 3.63) is 62.7 Å². The minimum Gasteiger partial charge on any atom is -0.493 e. The number of hydrogen-bond acceptors (Lipinski definition) is 4. The van der Waals surface area contributed by atoms with Gasteiger partial charge in [0.05, 0.1) is 25.2 Å². The second-order valence-corrected chi connectivity index (χ2v) is 7.61. The van der Waals surface area contributed by atoms with E-state index >= 15 is 0 Å². The Hall–Kier alpha value is -2.42. The number of benzene rings is 2. The van der Waals surface area contributed by atoms with Gasteiger partial charge in [0, 0.05) is 28.0 Å². The molecule has 1 heterocycles. The van der Waals surface area contributed by atoms with Crippen LogP contribution in [0.3, 0.4) is 0 Å². The van der Waals surface area contributed by atoms with Crippen LogP contribution in [0, 0.1) is 0 Å². The van der Waals surface area contributed by atoms with Crippen LogP contribution < -0.4 is 20.1 Å². The largest absolute Gasteiger partial charge is 0.493 e. The van der Waals surface area contributed by atoms with Gasteiger partial charge >= 0.3 is 6.03 Å². The first-order valence-corrected chi connectivity index (χ1v) is 9.91. The Morgan fingerprint density at radius 3 is 2.55 bits per heavy atom. The summed E-state index contributed by atoms with van der Waals surface area (Å²) in [4.78, 5) is 12.3. The van der Waals surface area contributed by atoms with Gasteiger partial charge in [-0.15, -0.1) is 0 Å². The minimum atomic E-state index is -0.451. The standard InChI is InChI=1S/C19H17BrCl2N4O3/c1-28-16-6-5-13(8-17(16)29-2)23-19(27)24-18-14(20)10-26(25-18)9-11-3-4-12(21)7-15(11)22/h3-8,10H,9H2,1-2H3,(H2,23,24,25,27).